The van der Waals surface area contributed by atoms with Gasteiger partial charge in [0.05, 0.1) is 16.1 Å². The Balaban J connectivity index is 1.49. The molecule has 1 amide bonds. The molecule has 0 aliphatic rings. The van der Waals surface area contributed by atoms with E-state index >= 15 is 0 Å². The van der Waals surface area contributed by atoms with Crippen molar-refractivity contribution < 1.29 is 26.4 Å². The number of hydrogen-bond donors (Lipinski definition) is 2. The quantitative estimate of drug-likeness (QED) is 0.276. The van der Waals surface area contributed by atoms with E-state index in [0.29, 0.717) is 11.3 Å². The van der Waals surface area contributed by atoms with E-state index in [-0.39, 0.29) is 10.6 Å². The summed E-state index contributed by atoms with van der Waals surface area (Å²) in [5.41, 5.74) is 0.558. The second-order valence-electron chi connectivity index (χ2n) is 7.46. The summed E-state index contributed by atoms with van der Waals surface area (Å²) in [6.07, 6.45) is -0.246. The SMILES string of the molecule is O=C(/C=C/c1cccc(S(=O)(=O)Nc2cccc(C(F)(F)F)c2)c1)Nc1ccccc1-c1nccs1. The van der Waals surface area contributed by atoms with Crippen molar-refractivity contribution in [3.8, 4) is 10.6 Å². The fourth-order valence-corrected chi connectivity index (χ4v) is 5.02. The molecule has 0 aliphatic heterocycles. The Labute approximate surface area is 209 Å². The van der Waals surface area contributed by atoms with E-state index in [2.05, 4.69) is 15.0 Å². The largest absolute Gasteiger partial charge is 0.416 e. The van der Waals surface area contributed by atoms with E-state index in [4.69, 9.17) is 0 Å². The van der Waals surface area contributed by atoms with Gasteiger partial charge in [-0.1, -0.05) is 30.3 Å². The van der Waals surface area contributed by atoms with Crippen molar-refractivity contribution in [3.05, 3.63) is 102 Å². The molecule has 36 heavy (non-hydrogen) atoms. The Morgan fingerprint density at radius 1 is 0.972 bits per heavy atom. The lowest BCUT2D eigenvalue weighted by Crippen LogP contribution is -2.14. The van der Waals surface area contributed by atoms with Crippen LogP contribution in [0.1, 0.15) is 11.1 Å². The van der Waals surface area contributed by atoms with Gasteiger partial charge in [0.15, 0.2) is 0 Å². The fraction of sp³-hybridized carbons (Fsp3) is 0.0400. The summed E-state index contributed by atoms with van der Waals surface area (Å²) < 4.78 is 66.5. The maximum Gasteiger partial charge on any atom is 0.416 e. The van der Waals surface area contributed by atoms with Gasteiger partial charge in [0.25, 0.3) is 10.0 Å². The number of nitrogens with one attached hydrogen (secondary N) is 2. The van der Waals surface area contributed by atoms with Gasteiger partial charge in [-0.15, -0.1) is 11.3 Å². The van der Waals surface area contributed by atoms with Gasteiger partial charge < -0.3 is 5.32 Å². The third-order valence-electron chi connectivity index (χ3n) is 4.89. The van der Waals surface area contributed by atoms with E-state index < -0.39 is 27.7 Å². The van der Waals surface area contributed by atoms with Gasteiger partial charge in [0.2, 0.25) is 5.91 Å². The Kier molecular flexibility index (Phi) is 7.22. The summed E-state index contributed by atoms with van der Waals surface area (Å²) in [4.78, 5) is 16.6. The minimum atomic E-state index is -4.60. The smallest absolute Gasteiger partial charge is 0.322 e. The minimum absolute atomic E-state index is 0.170. The number of para-hydroxylation sites is 1. The molecule has 4 aromatic rings. The molecular weight excluding hydrogens is 511 g/mol. The van der Waals surface area contributed by atoms with Crippen LogP contribution in [0.4, 0.5) is 24.5 Å². The number of carbonyl (C=O) groups is 1. The predicted molar refractivity (Wildman–Crippen MR) is 134 cm³/mol. The van der Waals surface area contributed by atoms with Gasteiger partial charge in [0, 0.05) is 28.9 Å². The highest BCUT2D eigenvalue weighted by atomic mass is 32.2. The number of sulfonamides is 1. The zero-order valence-electron chi connectivity index (χ0n) is 18.4. The first kappa shape index (κ1) is 25.1. The number of halogens is 3. The Morgan fingerprint density at radius 2 is 1.75 bits per heavy atom. The number of benzene rings is 3. The van der Waals surface area contributed by atoms with Crippen LogP contribution >= 0.6 is 11.3 Å². The van der Waals surface area contributed by atoms with Crippen molar-refractivity contribution in [1.82, 2.24) is 4.98 Å². The highest BCUT2D eigenvalue weighted by molar-refractivity contribution is 7.92. The molecule has 3 aromatic carbocycles. The van der Waals surface area contributed by atoms with Crippen molar-refractivity contribution in [2.45, 2.75) is 11.1 Å². The average Bonchev–Trinajstić information content (AvgIpc) is 3.38. The van der Waals surface area contributed by atoms with E-state index in [9.17, 15) is 26.4 Å². The zero-order chi connectivity index (χ0) is 25.8. The Morgan fingerprint density at radius 3 is 2.50 bits per heavy atom. The van der Waals surface area contributed by atoms with Gasteiger partial charge in [0.1, 0.15) is 5.01 Å². The summed E-state index contributed by atoms with van der Waals surface area (Å²) in [5, 5.41) is 5.36. The molecule has 11 heteroatoms. The van der Waals surface area contributed by atoms with Crippen molar-refractivity contribution in [3.63, 3.8) is 0 Å². The molecule has 0 saturated heterocycles. The van der Waals surface area contributed by atoms with Gasteiger partial charge in [-0.3, -0.25) is 9.52 Å². The van der Waals surface area contributed by atoms with Crippen molar-refractivity contribution in [2.24, 2.45) is 0 Å². The second-order valence-corrected chi connectivity index (χ2v) is 10.0. The van der Waals surface area contributed by atoms with Crippen LogP contribution in [0.3, 0.4) is 0 Å². The molecule has 4 rings (SSSR count). The van der Waals surface area contributed by atoms with Crippen molar-refractivity contribution >= 4 is 44.7 Å². The molecule has 0 saturated carbocycles. The van der Waals surface area contributed by atoms with Gasteiger partial charge in [-0.05, 0) is 54.1 Å². The average molecular weight is 530 g/mol. The molecular formula is C25H18F3N3O3S2. The molecule has 0 fully saturated rings. The molecule has 0 radical (unpaired) electrons. The first-order valence-electron chi connectivity index (χ1n) is 10.4. The Hall–Kier alpha value is -3.96. The van der Waals surface area contributed by atoms with Crippen LogP contribution in [0.15, 0.2) is 95.3 Å². The maximum atomic E-state index is 12.9. The van der Waals surface area contributed by atoms with Gasteiger partial charge >= 0.3 is 6.18 Å². The minimum Gasteiger partial charge on any atom is -0.322 e. The number of hydrogen-bond acceptors (Lipinski definition) is 5. The maximum absolute atomic E-state index is 12.9. The van der Waals surface area contributed by atoms with Gasteiger partial charge in [-0.25, -0.2) is 13.4 Å². The topological polar surface area (TPSA) is 88.2 Å². The summed E-state index contributed by atoms with van der Waals surface area (Å²) in [6, 6.07) is 16.8. The predicted octanol–water partition coefficient (Wildman–Crippen LogP) is 6.28. The number of alkyl halides is 3. The number of aromatic nitrogens is 1. The third-order valence-corrected chi connectivity index (χ3v) is 7.07. The van der Waals surface area contributed by atoms with Crippen LogP contribution in [0.5, 0.6) is 0 Å². The van der Waals surface area contributed by atoms with Crippen LogP contribution in [0, 0.1) is 0 Å². The van der Waals surface area contributed by atoms with Crippen LogP contribution < -0.4 is 10.0 Å². The standard InChI is InChI=1S/C25H18F3N3O3S2/c26-25(27,28)18-6-4-7-19(16-18)31-36(33,34)20-8-3-5-17(15-20)11-12-23(32)30-22-10-2-1-9-21(22)24-29-13-14-35-24/h1-16,31H,(H,30,32)/b12-11+. The molecule has 0 unspecified atom stereocenters. The van der Waals surface area contributed by atoms with Crippen molar-refractivity contribution in [2.75, 3.05) is 10.0 Å². The number of rotatable bonds is 7. The number of amides is 1. The normalized spacial score (nSPS) is 12.0. The monoisotopic (exact) mass is 529 g/mol. The number of nitrogens with zero attached hydrogens (tertiary/aromatic N) is 1. The highest BCUT2D eigenvalue weighted by Gasteiger charge is 2.30. The summed E-state index contributed by atoms with van der Waals surface area (Å²) in [6.45, 7) is 0. The summed E-state index contributed by atoms with van der Waals surface area (Å²) in [7, 11) is -4.17. The molecule has 1 heterocycles. The number of thiazole rings is 1. The van der Waals surface area contributed by atoms with Crippen molar-refractivity contribution in [1.29, 1.82) is 0 Å². The lowest BCUT2D eigenvalue weighted by atomic mass is 10.2. The first-order valence-corrected chi connectivity index (χ1v) is 12.8. The highest BCUT2D eigenvalue weighted by Crippen LogP contribution is 2.31. The lowest BCUT2D eigenvalue weighted by Gasteiger charge is -2.11. The van der Waals surface area contributed by atoms with Crippen LogP contribution in [0.2, 0.25) is 0 Å². The molecule has 0 spiro atoms. The molecule has 0 bridgehead atoms. The van der Waals surface area contributed by atoms with E-state index in [1.807, 2.05) is 17.5 Å². The number of anilines is 2. The van der Waals surface area contributed by atoms with Crippen LogP contribution in [-0.2, 0) is 21.0 Å². The second kappa shape index (κ2) is 10.3. The fourth-order valence-electron chi connectivity index (χ4n) is 3.24. The molecule has 0 aliphatic carbocycles. The molecule has 6 nitrogen and oxygen atoms in total. The molecule has 0 atom stereocenters. The lowest BCUT2D eigenvalue weighted by molar-refractivity contribution is -0.137. The number of carbonyl (C=O) groups excluding carboxylic acids is 1. The molecule has 2 N–H and O–H groups in total. The summed E-state index contributed by atoms with van der Waals surface area (Å²) >= 11 is 1.43. The Bertz CT molecular complexity index is 1520. The third kappa shape index (κ3) is 6.18. The van der Waals surface area contributed by atoms with Gasteiger partial charge in [-0.2, -0.15) is 13.2 Å². The van der Waals surface area contributed by atoms with E-state index in [1.54, 1.807) is 24.4 Å². The van der Waals surface area contributed by atoms with Crippen LogP contribution in [-0.4, -0.2) is 19.3 Å². The van der Waals surface area contributed by atoms with E-state index in [0.717, 1.165) is 28.8 Å². The first-order chi connectivity index (χ1) is 17.1. The zero-order valence-corrected chi connectivity index (χ0v) is 20.0. The van der Waals surface area contributed by atoms with E-state index in [1.165, 1.54) is 47.8 Å². The summed E-state index contributed by atoms with van der Waals surface area (Å²) in [5.74, 6) is -0.436. The molecule has 184 valence electrons. The van der Waals surface area contributed by atoms with Crippen LogP contribution in [0.25, 0.3) is 16.6 Å². The molecule has 1 aromatic heterocycles.